The summed E-state index contributed by atoms with van der Waals surface area (Å²) in [7, 11) is -3.31. The predicted molar refractivity (Wildman–Crippen MR) is 84.4 cm³/mol. The lowest BCUT2D eigenvalue weighted by Gasteiger charge is -2.11. The smallest absolute Gasteiger partial charge is 0.229 e. The highest BCUT2D eigenvalue weighted by Gasteiger charge is 2.33. The van der Waals surface area contributed by atoms with E-state index in [0.29, 0.717) is 17.5 Å². The maximum atomic E-state index is 12.4. The summed E-state index contributed by atoms with van der Waals surface area (Å²) in [4.78, 5) is 24.9. The molecule has 1 aromatic heterocycles. The zero-order chi connectivity index (χ0) is 16.6. The average Bonchev–Trinajstić information content (AvgIpc) is 2.94. The fourth-order valence-electron chi connectivity index (χ4n) is 2.65. The zero-order valence-corrected chi connectivity index (χ0v) is 13.5. The van der Waals surface area contributed by atoms with Crippen LogP contribution in [0.3, 0.4) is 0 Å². The van der Waals surface area contributed by atoms with Crippen LogP contribution in [0.5, 0.6) is 0 Å². The molecule has 0 aliphatic heterocycles. The Balaban J connectivity index is 1.96. The van der Waals surface area contributed by atoms with Crippen molar-refractivity contribution in [3.05, 3.63) is 58.5 Å². The molecule has 3 rings (SSSR count). The van der Waals surface area contributed by atoms with E-state index >= 15 is 0 Å². The molecule has 0 fully saturated rings. The van der Waals surface area contributed by atoms with Gasteiger partial charge < -0.3 is 4.42 Å². The number of furan rings is 1. The highest BCUT2D eigenvalue weighted by molar-refractivity contribution is 7.90. The van der Waals surface area contributed by atoms with Gasteiger partial charge in [-0.05, 0) is 12.5 Å². The number of fused-ring (bicyclic) bond motifs is 2. The van der Waals surface area contributed by atoms with Crippen LogP contribution in [-0.2, 0) is 15.6 Å². The third kappa shape index (κ3) is 2.86. The number of sulfone groups is 1. The second-order valence-electron chi connectivity index (χ2n) is 5.60. The van der Waals surface area contributed by atoms with Gasteiger partial charge in [-0.25, -0.2) is 8.42 Å². The van der Waals surface area contributed by atoms with Gasteiger partial charge >= 0.3 is 0 Å². The number of carbonyl (C=O) groups excluding carboxylic acids is 2. The molecule has 1 heterocycles. The van der Waals surface area contributed by atoms with Crippen LogP contribution in [-0.4, -0.2) is 25.7 Å². The van der Waals surface area contributed by atoms with E-state index in [9.17, 15) is 18.0 Å². The molecular formula is C17H16O5S. The van der Waals surface area contributed by atoms with Gasteiger partial charge in [0.2, 0.25) is 5.78 Å². The largest absolute Gasteiger partial charge is 0.456 e. The Labute approximate surface area is 134 Å². The number of ketones is 2. The van der Waals surface area contributed by atoms with Crippen molar-refractivity contribution in [2.75, 3.05) is 5.75 Å². The standard InChI is InChI=1S/C17H16O5S/c1-2-3-8-23(20,21)10-11-9-14-15(18)12-6-4-5-7-13(12)16(19)17(14)22-11/h4-7,9H,2-3,8,10H2,1H3. The summed E-state index contributed by atoms with van der Waals surface area (Å²) in [6, 6.07) is 7.90. The van der Waals surface area contributed by atoms with E-state index < -0.39 is 9.84 Å². The van der Waals surface area contributed by atoms with E-state index in [1.54, 1.807) is 24.3 Å². The normalized spacial score (nSPS) is 13.8. The zero-order valence-electron chi connectivity index (χ0n) is 12.7. The van der Waals surface area contributed by atoms with Gasteiger partial charge in [0.1, 0.15) is 11.5 Å². The Morgan fingerprint density at radius 1 is 1.00 bits per heavy atom. The maximum Gasteiger partial charge on any atom is 0.229 e. The van der Waals surface area contributed by atoms with Crippen LogP contribution in [0.25, 0.3) is 0 Å². The van der Waals surface area contributed by atoms with Gasteiger partial charge in [-0.2, -0.15) is 0 Å². The van der Waals surface area contributed by atoms with E-state index in [1.807, 2.05) is 6.92 Å². The van der Waals surface area contributed by atoms with Crippen LogP contribution >= 0.6 is 0 Å². The van der Waals surface area contributed by atoms with Crippen LogP contribution in [0.15, 0.2) is 34.7 Å². The third-order valence-corrected chi connectivity index (χ3v) is 5.46. The highest BCUT2D eigenvalue weighted by Crippen LogP contribution is 2.30. The number of unbranched alkanes of at least 4 members (excludes halogenated alkanes) is 1. The Morgan fingerprint density at radius 3 is 2.30 bits per heavy atom. The molecule has 0 saturated heterocycles. The molecule has 120 valence electrons. The molecule has 6 heteroatoms. The maximum absolute atomic E-state index is 12.4. The molecule has 0 unspecified atom stereocenters. The number of hydrogen-bond acceptors (Lipinski definition) is 5. The first-order chi connectivity index (χ1) is 10.9. The van der Waals surface area contributed by atoms with Gasteiger partial charge in [-0.3, -0.25) is 9.59 Å². The summed E-state index contributed by atoms with van der Waals surface area (Å²) < 4.78 is 29.5. The van der Waals surface area contributed by atoms with Crippen LogP contribution in [0, 0.1) is 0 Å². The molecule has 0 spiro atoms. The molecule has 0 saturated carbocycles. The molecule has 5 nitrogen and oxygen atoms in total. The van der Waals surface area contributed by atoms with Crippen molar-refractivity contribution in [1.29, 1.82) is 0 Å². The lowest BCUT2D eigenvalue weighted by molar-refractivity contribution is 0.0959. The first kappa shape index (κ1) is 15.7. The van der Waals surface area contributed by atoms with Crippen LogP contribution in [0.4, 0.5) is 0 Å². The van der Waals surface area contributed by atoms with E-state index in [0.717, 1.165) is 6.42 Å². The molecule has 1 aliphatic carbocycles. The van der Waals surface area contributed by atoms with E-state index in [-0.39, 0.29) is 40.2 Å². The Morgan fingerprint density at radius 2 is 1.65 bits per heavy atom. The van der Waals surface area contributed by atoms with Crippen LogP contribution in [0.2, 0.25) is 0 Å². The van der Waals surface area contributed by atoms with Crippen molar-refractivity contribution < 1.29 is 22.4 Å². The van der Waals surface area contributed by atoms with Crippen molar-refractivity contribution in [3.8, 4) is 0 Å². The van der Waals surface area contributed by atoms with Gasteiger partial charge in [0.05, 0.1) is 11.3 Å². The molecule has 23 heavy (non-hydrogen) atoms. The van der Waals surface area contributed by atoms with Gasteiger partial charge in [0.15, 0.2) is 21.4 Å². The fourth-order valence-corrected chi connectivity index (χ4v) is 4.10. The summed E-state index contributed by atoms with van der Waals surface area (Å²) in [5.74, 6) is -0.841. The summed E-state index contributed by atoms with van der Waals surface area (Å²) in [6.45, 7) is 1.91. The minimum atomic E-state index is -3.31. The van der Waals surface area contributed by atoms with Crippen LogP contribution in [0.1, 0.15) is 57.6 Å². The second-order valence-corrected chi connectivity index (χ2v) is 7.79. The first-order valence-corrected chi connectivity index (χ1v) is 9.26. The Kier molecular flexibility index (Phi) is 3.93. The number of rotatable bonds is 5. The number of benzene rings is 1. The van der Waals surface area contributed by atoms with Crippen molar-refractivity contribution in [2.24, 2.45) is 0 Å². The predicted octanol–water partition coefficient (Wildman–Crippen LogP) is 2.77. The molecule has 0 radical (unpaired) electrons. The van der Waals surface area contributed by atoms with Crippen molar-refractivity contribution in [1.82, 2.24) is 0 Å². The Bertz CT molecular complexity index is 837. The molecule has 1 aliphatic rings. The van der Waals surface area contributed by atoms with Gasteiger partial charge in [0, 0.05) is 11.1 Å². The second kappa shape index (κ2) is 5.77. The molecular weight excluding hydrogens is 316 g/mol. The topological polar surface area (TPSA) is 81.4 Å². The SMILES string of the molecule is CCCCS(=O)(=O)Cc1cc2c(o1)C(=O)c1ccccc1C2=O. The minimum absolute atomic E-state index is 0.0607. The lowest BCUT2D eigenvalue weighted by Crippen LogP contribution is -2.18. The lowest BCUT2D eigenvalue weighted by atomic mass is 9.89. The monoisotopic (exact) mass is 332 g/mol. The van der Waals surface area contributed by atoms with Crippen molar-refractivity contribution >= 4 is 21.4 Å². The van der Waals surface area contributed by atoms with Crippen LogP contribution < -0.4 is 0 Å². The first-order valence-electron chi connectivity index (χ1n) is 7.44. The molecule has 0 amide bonds. The third-order valence-electron chi connectivity index (χ3n) is 3.82. The van der Waals surface area contributed by atoms with E-state index in [1.165, 1.54) is 6.07 Å². The van der Waals surface area contributed by atoms with Gasteiger partial charge in [-0.1, -0.05) is 37.6 Å². The molecule has 0 N–H and O–H groups in total. The highest BCUT2D eigenvalue weighted by atomic mass is 32.2. The quantitative estimate of drug-likeness (QED) is 0.717. The Hall–Kier alpha value is -2.21. The minimum Gasteiger partial charge on any atom is -0.456 e. The van der Waals surface area contributed by atoms with E-state index in [4.69, 9.17) is 4.42 Å². The summed E-state index contributed by atoms with van der Waals surface area (Å²) >= 11 is 0. The van der Waals surface area contributed by atoms with Gasteiger partial charge in [-0.15, -0.1) is 0 Å². The average molecular weight is 332 g/mol. The van der Waals surface area contributed by atoms with Crippen molar-refractivity contribution in [3.63, 3.8) is 0 Å². The molecule has 0 atom stereocenters. The van der Waals surface area contributed by atoms with E-state index in [2.05, 4.69) is 0 Å². The summed E-state index contributed by atoms with van der Waals surface area (Å²) in [5.41, 5.74) is 0.764. The molecule has 1 aromatic carbocycles. The summed E-state index contributed by atoms with van der Waals surface area (Å²) in [6.07, 6.45) is 1.35. The number of hydrogen-bond donors (Lipinski definition) is 0. The molecule has 2 aromatic rings. The number of carbonyl (C=O) groups is 2. The fraction of sp³-hybridized carbons (Fsp3) is 0.294. The van der Waals surface area contributed by atoms with Gasteiger partial charge in [0.25, 0.3) is 0 Å². The summed E-state index contributed by atoms with van der Waals surface area (Å²) in [5, 5.41) is 0. The van der Waals surface area contributed by atoms with Crippen molar-refractivity contribution in [2.45, 2.75) is 25.5 Å². The molecule has 0 bridgehead atoms.